The summed E-state index contributed by atoms with van der Waals surface area (Å²) in [6.45, 7) is 4.10. The smallest absolute Gasteiger partial charge is 0.322 e. The first-order chi connectivity index (χ1) is 13.1. The van der Waals surface area contributed by atoms with Crippen molar-refractivity contribution in [3.05, 3.63) is 54.3 Å². The van der Waals surface area contributed by atoms with Crippen molar-refractivity contribution in [3.63, 3.8) is 0 Å². The van der Waals surface area contributed by atoms with Gasteiger partial charge >= 0.3 is 6.03 Å². The minimum absolute atomic E-state index is 0.0456. The SMILES string of the molecule is CN1CCC(CNC(=O)N2CCN(c3ccc(F)cc3)c3ccccc32)C1. The lowest BCUT2D eigenvalue weighted by Crippen LogP contribution is -2.48. The van der Waals surface area contributed by atoms with Crippen molar-refractivity contribution in [1.29, 1.82) is 0 Å². The molecule has 0 spiro atoms. The predicted octanol–water partition coefficient (Wildman–Crippen LogP) is 3.45. The van der Waals surface area contributed by atoms with E-state index in [-0.39, 0.29) is 11.8 Å². The summed E-state index contributed by atoms with van der Waals surface area (Å²) < 4.78 is 13.3. The molecule has 27 heavy (non-hydrogen) atoms. The molecule has 142 valence electrons. The number of urea groups is 1. The van der Waals surface area contributed by atoms with Crippen LogP contribution in [0.2, 0.25) is 0 Å². The number of amides is 2. The standard InChI is InChI=1S/C21H25FN4O/c1-24-11-10-16(15-24)14-23-21(27)26-13-12-25(18-8-6-17(22)7-9-18)19-4-2-3-5-20(19)26/h2-9,16H,10-15H2,1H3,(H,23,27). The number of anilines is 3. The number of benzene rings is 2. The average molecular weight is 368 g/mol. The molecule has 0 aliphatic carbocycles. The number of likely N-dealkylation sites (tertiary alicyclic amines) is 1. The summed E-state index contributed by atoms with van der Waals surface area (Å²) in [5.74, 6) is 0.275. The Morgan fingerprint density at radius 2 is 1.81 bits per heavy atom. The number of para-hydroxylation sites is 2. The second kappa shape index (κ2) is 7.56. The lowest BCUT2D eigenvalue weighted by atomic mass is 10.1. The molecule has 1 N–H and O–H groups in total. The van der Waals surface area contributed by atoms with Crippen molar-refractivity contribution >= 4 is 23.1 Å². The molecular weight excluding hydrogens is 343 g/mol. The number of carbonyl (C=O) groups is 1. The molecule has 0 aromatic heterocycles. The number of nitrogens with one attached hydrogen (secondary N) is 1. The van der Waals surface area contributed by atoms with Crippen LogP contribution < -0.4 is 15.1 Å². The van der Waals surface area contributed by atoms with Gasteiger partial charge in [0, 0.05) is 31.9 Å². The molecule has 2 aliphatic rings. The van der Waals surface area contributed by atoms with Crippen LogP contribution in [0.1, 0.15) is 6.42 Å². The average Bonchev–Trinajstić information content (AvgIpc) is 3.11. The van der Waals surface area contributed by atoms with Crippen molar-refractivity contribution in [2.24, 2.45) is 5.92 Å². The molecule has 6 heteroatoms. The molecule has 1 fully saturated rings. The van der Waals surface area contributed by atoms with E-state index in [1.807, 2.05) is 29.2 Å². The lowest BCUT2D eigenvalue weighted by molar-refractivity contribution is 0.244. The highest BCUT2D eigenvalue weighted by atomic mass is 19.1. The summed E-state index contributed by atoms with van der Waals surface area (Å²) in [4.78, 5) is 19.1. The topological polar surface area (TPSA) is 38.8 Å². The Morgan fingerprint density at radius 3 is 2.52 bits per heavy atom. The molecule has 1 saturated heterocycles. The Kier molecular flexibility index (Phi) is 4.99. The third-order valence-corrected chi connectivity index (χ3v) is 5.42. The van der Waals surface area contributed by atoms with E-state index >= 15 is 0 Å². The summed E-state index contributed by atoms with van der Waals surface area (Å²) in [6, 6.07) is 14.3. The summed E-state index contributed by atoms with van der Waals surface area (Å²) in [5, 5.41) is 3.11. The van der Waals surface area contributed by atoms with Crippen LogP contribution in [-0.4, -0.2) is 50.7 Å². The van der Waals surface area contributed by atoms with E-state index in [1.54, 1.807) is 12.1 Å². The van der Waals surface area contributed by atoms with Crippen molar-refractivity contribution in [3.8, 4) is 0 Å². The highest BCUT2D eigenvalue weighted by molar-refractivity contribution is 5.97. The van der Waals surface area contributed by atoms with Crippen LogP contribution >= 0.6 is 0 Å². The molecule has 0 radical (unpaired) electrons. The minimum atomic E-state index is -0.248. The monoisotopic (exact) mass is 368 g/mol. The maximum atomic E-state index is 13.3. The van der Waals surface area contributed by atoms with Crippen LogP contribution in [0, 0.1) is 11.7 Å². The number of carbonyl (C=O) groups excluding carboxylic acids is 1. The van der Waals surface area contributed by atoms with Gasteiger partial charge in [-0.25, -0.2) is 9.18 Å². The van der Waals surface area contributed by atoms with Gasteiger partial charge in [-0.2, -0.15) is 0 Å². The van der Waals surface area contributed by atoms with Crippen LogP contribution in [0.25, 0.3) is 0 Å². The van der Waals surface area contributed by atoms with Crippen LogP contribution in [0.15, 0.2) is 48.5 Å². The number of hydrogen-bond donors (Lipinski definition) is 1. The molecule has 2 aliphatic heterocycles. The van der Waals surface area contributed by atoms with Gasteiger partial charge in [-0.1, -0.05) is 12.1 Å². The zero-order valence-corrected chi connectivity index (χ0v) is 15.6. The third-order valence-electron chi connectivity index (χ3n) is 5.42. The van der Waals surface area contributed by atoms with Crippen LogP contribution in [-0.2, 0) is 0 Å². The van der Waals surface area contributed by atoms with Crippen molar-refractivity contribution < 1.29 is 9.18 Å². The molecule has 0 bridgehead atoms. The van der Waals surface area contributed by atoms with E-state index < -0.39 is 0 Å². The molecule has 2 aromatic carbocycles. The number of fused-ring (bicyclic) bond motifs is 1. The maximum Gasteiger partial charge on any atom is 0.322 e. The molecule has 1 unspecified atom stereocenters. The van der Waals surface area contributed by atoms with Crippen molar-refractivity contribution in [2.75, 3.05) is 49.6 Å². The van der Waals surface area contributed by atoms with Crippen LogP contribution in [0.3, 0.4) is 0 Å². The molecule has 2 amide bonds. The van der Waals surface area contributed by atoms with Gasteiger partial charge in [-0.05, 0) is 62.3 Å². The summed E-state index contributed by atoms with van der Waals surface area (Å²) >= 11 is 0. The fourth-order valence-corrected chi connectivity index (χ4v) is 3.98. The first kappa shape index (κ1) is 17.8. The first-order valence-corrected chi connectivity index (χ1v) is 9.48. The van der Waals surface area contributed by atoms with Gasteiger partial charge in [0.1, 0.15) is 5.82 Å². The second-order valence-electron chi connectivity index (χ2n) is 7.37. The second-order valence-corrected chi connectivity index (χ2v) is 7.37. The fraction of sp³-hybridized carbons (Fsp3) is 0.381. The Morgan fingerprint density at radius 1 is 1.07 bits per heavy atom. The van der Waals surface area contributed by atoms with E-state index in [2.05, 4.69) is 22.2 Å². The number of nitrogens with zero attached hydrogens (tertiary/aromatic N) is 3. The van der Waals surface area contributed by atoms with Gasteiger partial charge in [-0.3, -0.25) is 4.90 Å². The zero-order valence-electron chi connectivity index (χ0n) is 15.6. The van der Waals surface area contributed by atoms with Gasteiger partial charge in [-0.15, -0.1) is 0 Å². The number of hydrogen-bond acceptors (Lipinski definition) is 3. The fourth-order valence-electron chi connectivity index (χ4n) is 3.98. The van der Waals surface area contributed by atoms with E-state index in [1.165, 1.54) is 12.1 Å². The normalized spacial score (nSPS) is 19.9. The van der Waals surface area contributed by atoms with Crippen LogP contribution in [0.4, 0.5) is 26.2 Å². The summed E-state index contributed by atoms with van der Waals surface area (Å²) in [6.07, 6.45) is 1.13. The molecule has 2 heterocycles. The Labute approximate surface area is 159 Å². The van der Waals surface area contributed by atoms with Crippen LogP contribution in [0.5, 0.6) is 0 Å². The lowest BCUT2D eigenvalue weighted by Gasteiger charge is -2.37. The molecular formula is C21H25FN4O. The predicted molar refractivity (Wildman–Crippen MR) is 106 cm³/mol. The Bertz CT molecular complexity index is 810. The van der Waals surface area contributed by atoms with Gasteiger partial charge in [0.15, 0.2) is 0 Å². The molecule has 2 aromatic rings. The quantitative estimate of drug-likeness (QED) is 0.902. The first-order valence-electron chi connectivity index (χ1n) is 9.48. The highest BCUT2D eigenvalue weighted by Gasteiger charge is 2.28. The zero-order chi connectivity index (χ0) is 18.8. The van der Waals surface area contributed by atoms with Crippen molar-refractivity contribution in [2.45, 2.75) is 6.42 Å². The summed E-state index contributed by atoms with van der Waals surface area (Å²) in [5.41, 5.74) is 2.78. The van der Waals surface area contributed by atoms with Gasteiger partial charge in [0.25, 0.3) is 0 Å². The van der Waals surface area contributed by atoms with Crippen molar-refractivity contribution in [1.82, 2.24) is 10.2 Å². The Hall–Kier alpha value is -2.60. The molecule has 1 atom stereocenters. The molecule has 4 rings (SSSR count). The minimum Gasteiger partial charge on any atom is -0.338 e. The number of halogens is 1. The van der Waals surface area contributed by atoms with Gasteiger partial charge < -0.3 is 15.1 Å². The largest absolute Gasteiger partial charge is 0.338 e. The van der Waals surface area contributed by atoms with Gasteiger partial charge in [0.2, 0.25) is 0 Å². The highest BCUT2D eigenvalue weighted by Crippen LogP contribution is 2.37. The third kappa shape index (κ3) is 3.76. The van der Waals surface area contributed by atoms with E-state index in [0.717, 1.165) is 36.6 Å². The van der Waals surface area contributed by atoms with E-state index in [9.17, 15) is 9.18 Å². The maximum absolute atomic E-state index is 13.3. The van der Waals surface area contributed by atoms with E-state index in [0.29, 0.717) is 25.6 Å². The van der Waals surface area contributed by atoms with Gasteiger partial charge in [0.05, 0.1) is 11.4 Å². The molecule has 0 saturated carbocycles. The molecule has 5 nitrogen and oxygen atoms in total. The summed E-state index contributed by atoms with van der Waals surface area (Å²) in [7, 11) is 2.12. The Balaban J connectivity index is 1.50. The van der Waals surface area contributed by atoms with E-state index in [4.69, 9.17) is 0 Å². The number of rotatable bonds is 3.